The highest BCUT2D eigenvalue weighted by Crippen LogP contribution is 2.30. The summed E-state index contributed by atoms with van der Waals surface area (Å²) >= 11 is 0. The largest absolute Gasteiger partial charge is 0.383 e. The van der Waals surface area contributed by atoms with Crippen molar-refractivity contribution >= 4 is 16.9 Å². The standard InChI is InChI=1S/C17H18N8/c1-10(2)25-17-14(16(18)19-9-20-17)15(22-25)13-8-24(23-21-13)12-6-4-11(3)5-7-12/h4-10H,1-3H3,(H2,18,19,20). The first-order valence-electron chi connectivity index (χ1n) is 8.03. The average molecular weight is 334 g/mol. The Morgan fingerprint density at radius 1 is 1.08 bits per heavy atom. The number of aromatic nitrogens is 7. The van der Waals surface area contributed by atoms with Crippen LogP contribution in [-0.2, 0) is 0 Å². The van der Waals surface area contributed by atoms with Gasteiger partial charge in [0.25, 0.3) is 0 Å². The molecule has 4 aromatic rings. The van der Waals surface area contributed by atoms with E-state index in [0.29, 0.717) is 28.2 Å². The summed E-state index contributed by atoms with van der Waals surface area (Å²) in [7, 11) is 0. The van der Waals surface area contributed by atoms with Crippen molar-refractivity contribution in [2.24, 2.45) is 0 Å². The quantitative estimate of drug-likeness (QED) is 0.618. The molecular weight excluding hydrogens is 316 g/mol. The second kappa shape index (κ2) is 5.66. The molecule has 1 aromatic carbocycles. The zero-order valence-electron chi connectivity index (χ0n) is 14.2. The molecule has 0 fully saturated rings. The van der Waals surface area contributed by atoms with Gasteiger partial charge in [-0.05, 0) is 32.9 Å². The van der Waals surface area contributed by atoms with Crippen molar-refractivity contribution in [3.05, 3.63) is 42.4 Å². The van der Waals surface area contributed by atoms with E-state index in [9.17, 15) is 0 Å². The topological polar surface area (TPSA) is 100 Å². The molecule has 8 heteroatoms. The van der Waals surface area contributed by atoms with Gasteiger partial charge in [0.15, 0.2) is 5.65 Å². The summed E-state index contributed by atoms with van der Waals surface area (Å²) in [6, 6.07) is 8.20. The van der Waals surface area contributed by atoms with Gasteiger partial charge in [0, 0.05) is 6.04 Å². The van der Waals surface area contributed by atoms with Gasteiger partial charge in [-0.3, -0.25) is 0 Å². The zero-order chi connectivity index (χ0) is 17.6. The second-order valence-corrected chi connectivity index (χ2v) is 6.23. The lowest BCUT2D eigenvalue weighted by Gasteiger charge is -2.05. The molecule has 2 N–H and O–H groups in total. The third-order valence-electron chi connectivity index (χ3n) is 4.04. The Balaban J connectivity index is 1.87. The summed E-state index contributed by atoms with van der Waals surface area (Å²) < 4.78 is 3.54. The van der Waals surface area contributed by atoms with E-state index < -0.39 is 0 Å². The molecule has 4 rings (SSSR count). The number of nitrogen functional groups attached to an aromatic ring is 1. The van der Waals surface area contributed by atoms with Crippen LogP contribution in [0.4, 0.5) is 5.82 Å². The van der Waals surface area contributed by atoms with Crippen molar-refractivity contribution in [2.45, 2.75) is 26.8 Å². The first-order chi connectivity index (χ1) is 12.0. The molecule has 0 aliphatic heterocycles. The van der Waals surface area contributed by atoms with Crippen LogP contribution in [0.2, 0.25) is 0 Å². The summed E-state index contributed by atoms with van der Waals surface area (Å²) in [4.78, 5) is 8.44. The summed E-state index contributed by atoms with van der Waals surface area (Å²) in [6.07, 6.45) is 3.29. The van der Waals surface area contributed by atoms with Crippen molar-refractivity contribution < 1.29 is 0 Å². The van der Waals surface area contributed by atoms with Crippen LogP contribution in [0.1, 0.15) is 25.5 Å². The van der Waals surface area contributed by atoms with Crippen LogP contribution in [0.5, 0.6) is 0 Å². The highest BCUT2D eigenvalue weighted by Gasteiger charge is 2.20. The molecular formula is C17H18N8. The lowest BCUT2D eigenvalue weighted by Crippen LogP contribution is -2.04. The van der Waals surface area contributed by atoms with Gasteiger partial charge in [-0.25, -0.2) is 19.3 Å². The maximum Gasteiger partial charge on any atom is 0.164 e. The molecule has 8 nitrogen and oxygen atoms in total. The first kappa shape index (κ1) is 15.3. The number of hydrogen-bond donors (Lipinski definition) is 1. The van der Waals surface area contributed by atoms with E-state index >= 15 is 0 Å². The van der Waals surface area contributed by atoms with Gasteiger partial charge in [0.1, 0.15) is 23.5 Å². The molecule has 3 aromatic heterocycles. The van der Waals surface area contributed by atoms with Gasteiger partial charge in [-0.15, -0.1) is 5.10 Å². The van der Waals surface area contributed by atoms with Crippen LogP contribution in [0.15, 0.2) is 36.8 Å². The molecule has 0 atom stereocenters. The summed E-state index contributed by atoms with van der Waals surface area (Å²) in [5, 5.41) is 13.9. The molecule has 0 saturated heterocycles. The molecule has 0 bridgehead atoms. The normalized spacial score (nSPS) is 11.5. The molecule has 0 aliphatic carbocycles. The molecule has 0 amide bonds. The number of benzene rings is 1. The Hall–Kier alpha value is -3.29. The molecule has 0 unspecified atom stereocenters. The first-order valence-corrected chi connectivity index (χ1v) is 8.03. The number of fused-ring (bicyclic) bond motifs is 1. The lowest BCUT2D eigenvalue weighted by molar-refractivity contribution is 0.547. The maximum absolute atomic E-state index is 6.08. The monoisotopic (exact) mass is 334 g/mol. The summed E-state index contributed by atoms with van der Waals surface area (Å²) in [6.45, 7) is 6.12. The Kier molecular flexibility index (Phi) is 3.45. The van der Waals surface area contributed by atoms with E-state index in [4.69, 9.17) is 5.73 Å². The third kappa shape index (κ3) is 2.51. The lowest BCUT2D eigenvalue weighted by atomic mass is 10.2. The van der Waals surface area contributed by atoms with Gasteiger partial charge in [-0.1, -0.05) is 22.9 Å². The van der Waals surface area contributed by atoms with Crippen molar-refractivity contribution in [2.75, 3.05) is 5.73 Å². The third-order valence-corrected chi connectivity index (χ3v) is 4.04. The van der Waals surface area contributed by atoms with Crippen LogP contribution in [0, 0.1) is 6.92 Å². The Morgan fingerprint density at radius 2 is 1.84 bits per heavy atom. The maximum atomic E-state index is 6.08. The molecule has 0 radical (unpaired) electrons. The van der Waals surface area contributed by atoms with Gasteiger partial charge < -0.3 is 5.73 Å². The smallest absolute Gasteiger partial charge is 0.164 e. The van der Waals surface area contributed by atoms with E-state index in [1.54, 1.807) is 4.68 Å². The predicted molar refractivity (Wildman–Crippen MR) is 95.2 cm³/mol. The van der Waals surface area contributed by atoms with E-state index in [1.807, 2.05) is 55.9 Å². The van der Waals surface area contributed by atoms with Crippen molar-refractivity contribution in [1.82, 2.24) is 34.7 Å². The predicted octanol–water partition coefficient (Wildman–Crippen LogP) is 2.55. The fourth-order valence-corrected chi connectivity index (χ4v) is 2.73. The van der Waals surface area contributed by atoms with Crippen LogP contribution in [0.25, 0.3) is 28.1 Å². The van der Waals surface area contributed by atoms with Crippen molar-refractivity contribution in [1.29, 1.82) is 0 Å². The number of rotatable bonds is 3. The summed E-state index contributed by atoms with van der Waals surface area (Å²) in [5.74, 6) is 0.386. The minimum absolute atomic E-state index is 0.137. The highest BCUT2D eigenvalue weighted by molar-refractivity contribution is 5.97. The van der Waals surface area contributed by atoms with Gasteiger partial charge in [0.2, 0.25) is 0 Å². The van der Waals surface area contributed by atoms with Crippen LogP contribution in [-0.4, -0.2) is 34.7 Å². The van der Waals surface area contributed by atoms with Crippen molar-refractivity contribution in [3.63, 3.8) is 0 Å². The van der Waals surface area contributed by atoms with Crippen molar-refractivity contribution in [3.8, 4) is 17.1 Å². The number of hydrogen-bond acceptors (Lipinski definition) is 6. The van der Waals surface area contributed by atoms with Gasteiger partial charge in [-0.2, -0.15) is 5.10 Å². The second-order valence-electron chi connectivity index (χ2n) is 6.23. The van der Waals surface area contributed by atoms with Crippen LogP contribution in [0.3, 0.4) is 0 Å². The van der Waals surface area contributed by atoms with E-state index in [0.717, 1.165) is 5.69 Å². The number of aryl methyl sites for hydroxylation is 1. The number of nitrogens with two attached hydrogens (primary N) is 1. The fourth-order valence-electron chi connectivity index (χ4n) is 2.73. The molecule has 0 aliphatic rings. The molecule has 126 valence electrons. The molecule has 0 saturated carbocycles. The number of nitrogens with zero attached hydrogens (tertiary/aromatic N) is 7. The minimum atomic E-state index is 0.137. The van der Waals surface area contributed by atoms with Crippen LogP contribution >= 0.6 is 0 Å². The summed E-state index contributed by atoms with van der Waals surface area (Å²) in [5.41, 5.74) is 10.2. The molecule has 0 spiro atoms. The Morgan fingerprint density at radius 3 is 2.56 bits per heavy atom. The van der Waals surface area contributed by atoms with Gasteiger partial charge >= 0.3 is 0 Å². The van der Waals surface area contributed by atoms with Gasteiger partial charge in [0.05, 0.1) is 17.3 Å². The Labute approximate surface area is 144 Å². The highest BCUT2D eigenvalue weighted by atomic mass is 15.4. The fraction of sp³-hybridized carbons (Fsp3) is 0.235. The van der Waals surface area contributed by atoms with E-state index in [-0.39, 0.29) is 6.04 Å². The van der Waals surface area contributed by atoms with Crippen LogP contribution < -0.4 is 5.73 Å². The molecule has 25 heavy (non-hydrogen) atoms. The SMILES string of the molecule is Cc1ccc(-n2cc(-c3nn(C(C)C)c4ncnc(N)c34)nn2)cc1. The Bertz CT molecular complexity index is 1040. The molecule has 3 heterocycles. The minimum Gasteiger partial charge on any atom is -0.383 e. The average Bonchev–Trinajstić information content (AvgIpc) is 3.20. The van der Waals surface area contributed by atoms with E-state index in [2.05, 4.69) is 25.4 Å². The number of anilines is 1. The zero-order valence-corrected chi connectivity index (χ0v) is 14.2. The van der Waals surface area contributed by atoms with E-state index in [1.165, 1.54) is 11.9 Å².